The van der Waals surface area contributed by atoms with Crippen LogP contribution in [0.5, 0.6) is 11.5 Å². The maximum atomic E-state index is 12.0. The molecule has 4 aliphatic rings. The molecule has 300 valence electrons. The van der Waals surface area contributed by atoms with Crippen LogP contribution in [-0.2, 0) is 0 Å². The summed E-state index contributed by atoms with van der Waals surface area (Å²) >= 11 is 24.1. The van der Waals surface area contributed by atoms with Crippen molar-refractivity contribution in [2.75, 3.05) is 0 Å². The number of carboxylic acids is 4. The first kappa shape index (κ1) is 41.1. The highest BCUT2D eigenvalue weighted by Gasteiger charge is 2.28. The highest BCUT2D eigenvalue weighted by molar-refractivity contribution is 6.34. The minimum Gasteiger partial charge on any atom is -0.506 e. The van der Waals surface area contributed by atoms with Crippen LogP contribution in [0.3, 0.4) is 0 Å². The molecule has 2 aliphatic carbocycles. The molecule has 6 N–H and O–H groups in total. The van der Waals surface area contributed by atoms with Crippen molar-refractivity contribution in [1.82, 2.24) is 0 Å². The molecule has 0 fully saturated rings. The number of hydrogen-bond donors (Lipinski definition) is 6. The smallest absolute Gasteiger partial charge is 0.336 e. The summed E-state index contributed by atoms with van der Waals surface area (Å²) in [6, 6.07) is 17.3. The van der Waals surface area contributed by atoms with Gasteiger partial charge in [0.25, 0.3) is 0 Å². The largest absolute Gasteiger partial charge is 0.506 e. The third-order valence-electron chi connectivity index (χ3n) is 9.22. The number of aromatic hydroxyl groups is 2. The molecule has 8 rings (SSSR count). The van der Waals surface area contributed by atoms with E-state index < -0.39 is 34.7 Å². The van der Waals surface area contributed by atoms with Gasteiger partial charge in [-0.25, -0.2) is 19.2 Å². The second-order valence-electron chi connectivity index (χ2n) is 12.8. The summed E-state index contributed by atoms with van der Waals surface area (Å²) in [5.41, 5.74) is -0.944. The van der Waals surface area contributed by atoms with Crippen molar-refractivity contribution in [2.24, 2.45) is 0 Å². The Morgan fingerprint density at radius 3 is 1.35 bits per heavy atom. The van der Waals surface area contributed by atoms with Gasteiger partial charge < -0.3 is 39.5 Å². The van der Waals surface area contributed by atoms with Crippen LogP contribution in [0.1, 0.15) is 41.4 Å². The quantitative estimate of drug-likeness (QED) is 0.0850. The fourth-order valence-electron chi connectivity index (χ4n) is 6.61. The predicted molar refractivity (Wildman–Crippen MR) is 220 cm³/mol. The van der Waals surface area contributed by atoms with Crippen LogP contribution in [0.25, 0.3) is 66.8 Å². The van der Waals surface area contributed by atoms with Crippen LogP contribution in [0.15, 0.2) is 103 Å². The molecule has 0 saturated carbocycles. The summed E-state index contributed by atoms with van der Waals surface area (Å²) in [5.74, 6) is -5.74. The van der Waals surface area contributed by atoms with Crippen molar-refractivity contribution >= 4 is 92.2 Å². The Balaban J connectivity index is 0.000000181. The predicted octanol–water partition coefficient (Wildman–Crippen LogP) is 9.95. The molecular formula is C42H20Cl4O14. The SMILES string of the molecule is O=C(O)c1ccc(C(=O)O)c(-c2c3cc(Cl)c(=O)cc-3oc3cc(O)c(Cl)cc23)c1.O=C(O)c1cccc(C(=O)O)c1-c1c2cc(Cl)c(=O)cc-2oc2cc(O)c(Cl)cc12. The summed E-state index contributed by atoms with van der Waals surface area (Å²) < 4.78 is 11.4. The summed E-state index contributed by atoms with van der Waals surface area (Å²) in [7, 11) is 0. The van der Waals surface area contributed by atoms with Crippen molar-refractivity contribution in [3.63, 3.8) is 0 Å². The van der Waals surface area contributed by atoms with Gasteiger partial charge in [-0.1, -0.05) is 52.5 Å². The number of carboxylic acid groups (broad SMARTS) is 4. The van der Waals surface area contributed by atoms with Crippen molar-refractivity contribution in [2.45, 2.75) is 0 Å². The number of phenols is 2. The van der Waals surface area contributed by atoms with Crippen molar-refractivity contribution in [3.8, 4) is 56.4 Å². The maximum absolute atomic E-state index is 12.0. The summed E-state index contributed by atoms with van der Waals surface area (Å²) in [6.45, 7) is 0. The topological polar surface area (TPSA) is 250 Å². The summed E-state index contributed by atoms with van der Waals surface area (Å²) in [5, 5.41) is 58.6. The third-order valence-corrected chi connectivity index (χ3v) is 10.4. The van der Waals surface area contributed by atoms with E-state index in [0.29, 0.717) is 5.39 Å². The zero-order valence-electron chi connectivity index (χ0n) is 29.5. The number of carbonyl (C=O) groups is 4. The van der Waals surface area contributed by atoms with Gasteiger partial charge in [0.1, 0.15) is 34.2 Å². The van der Waals surface area contributed by atoms with Gasteiger partial charge in [0, 0.05) is 62.9 Å². The number of phenolic OH excluding ortho intramolecular Hbond substituents is 2. The lowest BCUT2D eigenvalue weighted by atomic mass is 9.87. The van der Waals surface area contributed by atoms with Crippen molar-refractivity contribution < 1.29 is 58.7 Å². The average molecular weight is 890 g/mol. The Bertz CT molecular complexity index is 3210. The molecule has 0 bridgehead atoms. The summed E-state index contributed by atoms with van der Waals surface area (Å²) in [6.07, 6.45) is 0. The lowest BCUT2D eigenvalue weighted by Crippen LogP contribution is -2.09. The molecule has 0 saturated heterocycles. The number of aromatic carboxylic acids is 4. The van der Waals surface area contributed by atoms with Gasteiger partial charge in [-0.2, -0.15) is 0 Å². The van der Waals surface area contributed by atoms with Gasteiger partial charge in [-0.05, 0) is 60.2 Å². The fourth-order valence-corrected chi connectivity index (χ4v) is 7.26. The van der Waals surface area contributed by atoms with E-state index in [1.165, 1.54) is 72.8 Å². The van der Waals surface area contributed by atoms with Gasteiger partial charge >= 0.3 is 23.9 Å². The van der Waals surface area contributed by atoms with Crippen LogP contribution in [0, 0.1) is 0 Å². The molecule has 4 aromatic carbocycles. The van der Waals surface area contributed by atoms with Crippen LogP contribution in [0.2, 0.25) is 20.1 Å². The van der Waals surface area contributed by atoms with Crippen molar-refractivity contribution in [3.05, 3.63) is 148 Å². The first-order chi connectivity index (χ1) is 28.4. The van der Waals surface area contributed by atoms with Gasteiger partial charge in [0.05, 0.1) is 42.3 Å². The molecule has 0 aromatic heterocycles. The fraction of sp³-hybridized carbons (Fsp3) is 0. The third kappa shape index (κ3) is 7.28. The normalized spacial score (nSPS) is 11.1. The van der Waals surface area contributed by atoms with Gasteiger partial charge in [0.2, 0.25) is 10.9 Å². The van der Waals surface area contributed by atoms with E-state index in [4.69, 9.17) is 55.2 Å². The van der Waals surface area contributed by atoms with E-state index in [1.54, 1.807) is 0 Å². The van der Waals surface area contributed by atoms with Gasteiger partial charge in [0.15, 0.2) is 0 Å². The Kier molecular flexibility index (Phi) is 10.7. The molecule has 14 nitrogen and oxygen atoms in total. The minimum absolute atomic E-state index is 0.0314. The Labute approximate surface area is 353 Å². The molecule has 0 spiro atoms. The first-order valence-electron chi connectivity index (χ1n) is 16.7. The lowest BCUT2D eigenvalue weighted by molar-refractivity contribution is 0.0682. The zero-order valence-corrected chi connectivity index (χ0v) is 32.6. The highest BCUT2D eigenvalue weighted by atomic mass is 35.5. The number of hydrogen-bond acceptors (Lipinski definition) is 10. The number of halogens is 4. The second kappa shape index (κ2) is 15.6. The van der Waals surface area contributed by atoms with Gasteiger partial charge in [-0.15, -0.1) is 0 Å². The molecule has 60 heavy (non-hydrogen) atoms. The number of benzene rings is 6. The molecular weight excluding hydrogens is 870 g/mol. The molecule has 18 heteroatoms. The average Bonchev–Trinajstić information content (AvgIpc) is 3.18. The maximum Gasteiger partial charge on any atom is 0.336 e. The van der Waals surface area contributed by atoms with Crippen LogP contribution in [0.4, 0.5) is 0 Å². The lowest BCUT2D eigenvalue weighted by Gasteiger charge is -2.19. The molecule has 4 aromatic rings. The Morgan fingerprint density at radius 1 is 0.450 bits per heavy atom. The van der Waals surface area contributed by atoms with E-state index in [-0.39, 0.29) is 115 Å². The molecule has 0 unspecified atom stereocenters. The van der Waals surface area contributed by atoms with E-state index in [0.717, 1.165) is 12.1 Å². The van der Waals surface area contributed by atoms with E-state index >= 15 is 0 Å². The summed E-state index contributed by atoms with van der Waals surface area (Å²) in [4.78, 5) is 71.3. The van der Waals surface area contributed by atoms with Crippen LogP contribution >= 0.6 is 46.4 Å². The minimum atomic E-state index is -1.35. The molecule has 2 heterocycles. The second-order valence-corrected chi connectivity index (χ2v) is 14.4. The van der Waals surface area contributed by atoms with E-state index in [2.05, 4.69) is 0 Å². The van der Waals surface area contributed by atoms with E-state index in [1.807, 2.05) is 0 Å². The van der Waals surface area contributed by atoms with Crippen LogP contribution in [-0.4, -0.2) is 54.5 Å². The molecule has 2 aliphatic heterocycles. The van der Waals surface area contributed by atoms with Crippen molar-refractivity contribution in [1.29, 1.82) is 0 Å². The molecule has 0 atom stereocenters. The molecule has 0 radical (unpaired) electrons. The monoisotopic (exact) mass is 888 g/mol. The Morgan fingerprint density at radius 2 is 0.900 bits per heavy atom. The first-order valence-corrected chi connectivity index (χ1v) is 18.3. The highest BCUT2D eigenvalue weighted by Crippen LogP contribution is 2.47. The standard InChI is InChI=1S/2C21H10Cl2O7/c22-13-4-11-17(6-15(13)24)30-18-7-16(25)14(23)5-12(18)19(11)10-3-8(20(26)27)1-2-9(10)21(28)29;22-12-4-10-16(6-14(12)24)30-17-7-15(25)13(23)5-11(17)19(10)18-8(20(26)27)2-1-3-9(18)21(28)29/h2*1-7,24H,(H,26,27)(H,28,29). The van der Waals surface area contributed by atoms with Gasteiger partial charge in [-0.3, -0.25) is 9.59 Å². The van der Waals surface area contributed by atoms with Crippen LogP contribution < -0.4 is 10.9 Å². The number of fused-ring (bicyclic) bond motifs is 4. The van der Waals surface area contributed by atoms with E-state index in [9.17, 15) is 59.4 Å². The molecule has 0 amide bonds. The zero-order chi connectivity index (χ0) is 43.5. The number of rotatable bonds is 6. The Hall–Kier alpha value is -7.10.